The molecule has 1 N–H and O–H groups in total. The second kappa shape index (κ2) is 5.19. The predicted octanol–water partition coefficient (Wildman–Crippen LogP) is 4.22. The Balaban J connectivity index is 2.14. The number of pyridine rings is 1. The van der Waals surface area contributed by atoms with E-state index in [2.05, 4.69) is 48.4 Å². The average Bonchev–Trinajstić information content (AvgIpc) is 2.33. The lowest BCUT2D eigenvalue weighted by Crippen LogP contribution is -2.08. The first-order valence-electron chi connectivity index (χ1n) is 5.60. The SMILES string of the molecule is Cc1ccc(C(C)Nc2ncccc2Cl)cc1. The molecule has 1 heterocycles. The number of rotatable bonds is 3. The van der Waals surface area contributed by atoms with Crippen molar-refractivity contribution < 1.29 is 0 Å². The maximum absolute atomic E-state index is 6.06. The third-order valence-electron chi connectivity index (χ3n) is 2.69. The summed E-state index contributed by atoms with van der Waals surface area (Å²) in [6.45, 7) is 4.17. The molecule has 2 rings (SSSR count). The summed E-state index contributed by atoms with van der Waals surface area (Å²) >= 11 is 6.06. The van der Waals surface area contributed by atoms with Crippen molar-refractivity contribution >= 4 is 17.4 Å². The monoisotopic (exact) mass is 246 g/mol. The topological polar surface area (TPSA) is 24.9 Å². The number of benzene rings is 1. The van der Waals surface area contributed by atoms with Crippen LogP contribution in [0.2, 0.25) is 5.02 Å². The lowest BCUT2D eigenvalue weighted by atomic mass is 10.1. The number of anilines is 1. The summed E-state index contributed by atoms with van der Waals surface area (Å²) in [5, 5.41) is 3.95. The van der Waals surface area contributed by atoms with Crippen LogP contribution in [0, 0.1) is 6.92 Å². The van der Waals surface area contributed by atoms with E-state index in [0.29, 0.717) is 5.02 Å². The van der Waals surface area contributed by atoms with E-state index >= 15 is 0 Å². The van der Waals surface area contributed by atoms with Gasteiger partial charge in [0, 0.05) is 12.2 Å². The van der Waals surface area contributed by atoms with Gasteiger partial charge in [-0.1, -0.05) is 41.4 Å². The zero-order chi connectivity index (χ0) is 12.3. The molecule has 88 valence electrons. The Hall–Kier alpha value is -1.54. The van der Waals surface area contributed by atoms with E-state index in [1.165, 1.54) is 11.1 Å². The lowest BCUT2D eigenvalue weighted by molar-refractivity contribution is 0.874. The Bertz CT molecular complexity index is 494. The fourth-order valence-electron chi connectivity index (χ4n) is 1.64. The van der Waals surface area contributed by atoms with E-state index in [4.69, 9.17) is 11.6 Å². The first-order chi connectivity index (χ1) is 8.16. The minimum atomic E-state index is 0.183. The molecule has 0 amide bonds. The number of hydrogen-bond donors (Lipinski definition) is 1. The average molecular weight is 247 g/mol. The van der Waals surface area contributed by atoms with Crippen LogP contribution >= 0.6 is 11.6 Å². The van der Waals surface area contributed by atoms with Crippen LogP contribution in [-0.4, -0.2) is 4.98 Å². The van der Waals surface area contributed by atoms with Gasteiger partial charge in [0.15, 0.2) is 0 Å². The first-order valence-corrected chi connectivity index (χ1v) is 5.98. The summed E-state index contributed by atoms with van der Waals surface area (Å²) in [4.78, 5) is 4.22. The van der Waals surface area contributed by atoms with Gasteiger partial charge in [-0.15, -0.1) is 0 Å². The Morgan fingerprint density at radius 1 is 1.18 bits per heavy atom. The maximum atomic E-state index is 6.06. The third-order valence-corrected chi connectivity index (χ3v) is 2.99. The molecular weight excluding hydrogens is 232 g/mol. The summed E-state index contributed by atoms with van der Waals surface area (Å²) < 4.78 is 0. The first kappa shape index (κ1) is 11.9. The zero-order valence-electron chi connectivity index (χ0n) is 9.94. The van der Waals surface area contributed by atoms with Crippen molar-refractivity contribution in [1.82, 2.24) is 4.98 Å². The van der Waals surface area contributed by atoms with Crippen LogP contribution in [0.3, 0.4) is 0 Å². The third kappa shape index (κ3) is 2.98. The van der Waals surface area contributed by atoms with Gasteiger partial charge in [0.05, 0.1) is 5.02 Å². The Kier molecular flexibility index (Phi) is 3.64. The largest absolute Gasteiger partial charge is 0.362 e. The van der Waals surface area contributed by atoms with Crippen molar-refractivity contribution in [3.63, 3.8) is 0 Å². The fourth-order valence-corrected chi connectivity index (χ4v) is 1.81. The molecule has 0 saturated heterocycles. The predicted molar refractivity (Wildman–Crippen MR) is 72.5 cm³/mol. The highest BCUT2D eigenvalue weighted by molar-refractivity contribution is 6.32. The number of aromatic nitrogens is 1. The van der Waals surface area contributed by atoms with Gasteiger partial charge in [0.25, 0.3) is 0 Å². The van der Waals surface area contributed by atoms with Crippen LogP contribution in [0.4, 0.5) is 5.82 Å². The Morgan fingerprint density at radius 3 is 2.53 bits per heavy atom. The number of nitrogens with zero attached hydrogens (tertiary/aromatic N) is 1. The van der Waals surface area contributed by atoms with Gasteiger partial charge in [0.2, 0.25) is 0 Å². The number of hydrogen-bond acceptors (Lipinski definition) is 2. The summed E-state index contributed by atoms with van der Waals surface area (Å²) in [5.41, 5.74) is 2.48. The molecule has 1 atom stereocenters. The molecule has 0 aliphatic rings. The van der Waals surface area contributed by atoms with Gasteiger partial charge in [-0.2, -0.15) is 0 Å². The zero-order valence-corrected chi connectivity index (χ0v) is 10.7. The summed E-state index contributed by atoms with van der Waals surface area (Å²) in [6.07, 6.45) is 1.73. The molecule has 0 spiro atoms. The molecular formula is C14H15ClN2. The molecule has 0 bridgehead atoms. The molecule has 0 aliphatic heterocycles. The van der Waals surface area contributed by atoms with Crippen molar-refractivity contribution in [2.45, 2.75) is 19.9 Å². The minimum Gasteiger partial charge on any atom is -0.362 e. The van der Waals surface area contributed by atoms with E-state index in [1.807, 2.05) is 12.1 Å². The van der Waals surface area contributed by atoms with Gasteiger partial charge in [0.1, 0.15) is 5.82 Å². The van der Waals surface area contributed by atoms with Gasteiger partial charge in [-0.05, 0) is 31.5 Å². The fraction of sp³-hybridized carbons (Fsp3) is 0.214. The van der Waals surface area contributed by atoms with E-state index < -0.39 is 0 Å². The molecule has 0 aliphatic carbocycles. The molecule has 3 heteroatoms. The van der Waals surface area contributed by atoms with Crippen LogP contribution < -0.4 is 5.32 Å². The smallest absolute Gasteiger partial charge is 0.145 e. The van der Waals surface area contributed by atoms with Crippen molar-refractivity contribution in [3.8, 4) is 0 Å². The van der Waals surface area contributed by atoms with Crippen LogP contribution in [0.15, 0.2) is 42.6 Å². The van der Waals surface area contributed by atoms with Crippen LogP contribution in [-0.2, 0) is 0 Å². The normalized spacial score (nSPS) is 12.2. The van der Waals surface area contributed by atoms with Crippen molar-refractivity contribution in [3.05, 3.63) is 58.7 Å². The van der Waals surface area contributed by atoms with E-state index in [9.17, 15) is 0 Å². The molecule has 0 fully saturated rings. The summed E-state index contributed by atoms with van der Waals surface area (Å²) in [6, 6.07) is 12.3. The molecule has 2 aromatic rings. The second-order valence-electron chi connectivity index (χ2n) is 4.11. The van der Waals surface area contributed by atoms with E-state index in [-0.39, 0.29) is 6.04 Å². The Labute approximate surface area is 107 Å². The molecule has 17 heavy (non-hydrogen) atoms. The highest BCUT2D eigenvalue weighted by Gasteiger charge is 2.07. The van der Waals surface area contributed by atoms with Crippen LogP contribution in [0.25, 0.3) is 0 Å². The van der Waals surface area contributed by atoms with Crippen LogP contribution in [0.1, 0.15) is 24.1 Å². The van der Waals surface area contributed by atoms with Gasteiger partial charge in [-0.3, -0.25) is 0 Å². The van der Waals surface area contributed by atoms with E-state index in [0.717, 1.165) is 5.82 Å². The molecule has 1 aromatic carbocycles. The molecule has 1 aromatic heterocycles. The number of aryl methyl sites for hydroxylation is 1. The van der Waals surface area contributed by atoms with Crippen molar-refractivity contribution in [2.75, 3.05) is 5.32 Å². The number of halogens is 1. The van der Waals surface area contributed by atoms with Crippen molar-refractivity contribution in [2.24, 2.45) is 0 Å². The molecule has 2 nitrogen and oxygen atoms in total. The maximum Gasteiger partial charge on any atom is 0.145 e. The quantitative estimate of drug-likeness (QED) is 0.877. The minimum absolute atomic E-state index is 0.183. The van der Waals surface area contributed by atoms with E-state index in [1.54, 1.807) is 6.20 Å². The summed E-state index contributed by atoms with van der Waals surface area (Å²) in [7, 11) is 0. The Morgan fingerprint density at radius 2 is 1.88 bits per heavy atom. The van der Waals surface area contributed by atoms with Gasteiger partial charge < -0.3 is 5.32 Å². The van der Waals surface area contributed by atoms with Crippen LogP contribution in [0.5, 0.6) is 0 Å². The number of nitrogens with one attached hydrogen (secondary N) is 1. The van der Waals surface area contributed by atoms with Gasteiger partial charge >= 0.3 is 0 Å². The van der Waals surface area contributed by atoms with Crippen molar-refractivity contribution in [1.29, 1.82) is 0 Å². The highest BCUT2D eigenvalue weighted by Crippen LogP contribution is 2.23. The van der Waals surface area contributed by atoms with Gasteiger partial charge in [-0.25, -0.2) is 4.98 Å². The molecule has 0 radical (unpaired) electrons. The molecule has 0 saturated carbocycles. The summed E-state index contributed by atoms with van der Waals surface area (Å²) in [5.74, 6) is 0.724. The molecule has 1 unspecified atom stereocenters. The standard InChI is InChI=1S/C14H15ClN2/c1-10-5-7-12(8-6-10)11(2)17-14-13(15)4-3-9-16-14/h3-9,11H,1-2H3,(H,16,17). The lowest BCUT2D eigenvalue weighted by Gasteiger charge is -2.15. The second-order valence-corrected chi connectivity index (χ2v) is 4.52. The highest BCUT2D eigenvalue weighted by atomic mass is 35.5.